The van der Waals surface area contributed by atoms with Crippen LogP contribution >= 0.6 is 0 Å². The van der Waals surface area contributed by atoms with E-state index in [1.165, 1.54) is 4.90 Å². The Morgan fingerprint density at radius 3 is 2.40 bits per heavy atom. The van der Waals surface area contributed by atoms with Crippen LogP contribution in [0.4, 0.5) is 5.69 Å². The standard InChI is InChI=1S/C15H21NO4/c1-12-5-7-13(8-6-12)16(10-9-15(18)19)14(17)4-3-11-20-2/h5-8H,3-4,9-11H2,1-2H3,(H,18,19). The second kappa shape index (κ2) is 8.32. The molecule has 20 heavy (non-hydrogen) atoms. The number of aliphatic carboxylic acids is 1. The molecule has 0 aliphatic carbocycles. The lowest BCUT2D eigenvalue weighted by atomic mass is 10.2. The van der Waals surface area contributed by atoms with Gasteiger partial charge in [-0.1, -0.05) is 17.7 Å². The van der Waals surface area contributed by atoms with Crippen LogP contribution in [0, 0.1) is 6.92 Å². The largest absolute Gasteiger partial charge is 0.481 e. The molecular formula is C15H21NO4. The number of benzene rings is 1. The predicted molar refractivity (Wildman–Crippen MR) is 76.9 cm³/mol. The molecule has 1 N–H and O–H groups in total. The average Bonchev–Trinajstić information content (AvgIpc) is 2.41. The highest BCUT2D eigenvalue weighted by Gasteiger charge is 2.16. The van der Waals surface area contributed by atoms with Crippen LogP contribution in [0.1, 0.15) is 24.8 Å². The van der Waals surface area contributed by atoms with Crippen molar-refractivity contribution in [3.63, 3.8) is 0 Å². The van der Waals surface area contributed by atoms with Gasteiger partial charge in [0.05, 0.1) is 6.42 Å². The summed E-state index contributed by atoms with van der Waals surface area (Å²) >= 11 is 0. The molecular weight excluding hydrogens is 258 g/mol. The topological polar surface area (TPSA) is 66.8 Å². The van der Waals surface area contributed by atoms with E-state index in [0.717, 1.165) is 11.3 Å². The molecule has 0 heterocycles. The van der Waals surface area contributed by atoms with Crippen LogP contribution in [0.5, 0.6) is 0 Å². The van der Waals surface area contributed by atoms with Crippen LogP contribution in [0.15, 0.2) is 24.3 Å². The Labute approximate surface area is 119 Å². The van der Waals surface area contributed by atoms with Gasteiger partial charge in [0.15, 0.2) is 0 Å². The van der Waals surface area contributed by atoms with E-state index >= 15 is 0 Å². The first kappa shape index (κ1) is 16.2. The van der Waals surface area contributed by atoms with Crippen molar-refractivity contribution in [2.75, 3.05) is 25.2 Å². The predicted octanol–water partition coefficient (Wildman–Crippen LogP) is 2.23. The van der Waals surface area contributed by atoms with Gasteiger partial charge in [0.25, 0.3) is 0 Å². The van der Waals surface area contributed by atoms with Gasteiger partial charge in [-0.3, -0.25) is 9.59 Å². The fourth-order valence-electron chi connectivity index (χ4n) is 1.83. The smallest absolute Gasteiger partial charge is 0.305 e. The van der Waals surface area contributed by atoms with Crippen LogP contribution < -0.4 is 4.90 Å². The van der Waals surface area contributed by atoms with E-state index in [1.54, 1.807) is 7.11 Å². The Hall–Kier alpha value is -1.88. The first-order chi connectivity index (χ1) is 9.54. The number of methoxy groups -OCH3 is 1. The van der Waals surface area contributed by atoms with Crippen molar-refractivity contribution in [1.29, 1.82) is 0 Å². The van der Waals surface area contributed by atoms with Crippen LogP contribution in [0.25, 0.3) is 0 Å². The van der Waals surface area contributed by atoms with Crippen molar-refractivity contribution >= 4 is 17.6 Å². The quantitative estimate of drug-likeness (QED) is 0.741. The molecule has 0 saturated carbocycles. The molecule has 5 heteroatoms. The molecule has 0 fully saturated rings. The Bertz CT molecular complexity index is 442. The Kier molecular flexibility index (Phi) is 6.73. The molecule has 110 valence electrons. The molecule has 0 atom stereocenters. The highest BCUT2D eigenvalue weighted by molar-refractivity contribution is 5.93. The van der Waals surface area contributed by atoms with Crippen molar-refractivity contribution in [3.05, 3.63) is 29.8 Å². The third kappa shape index (κ3) is 5.40. The number of hydrogen-bond acceptors (Lipinski definition) is 3. The van der Waals surface area contributed by atoms with Gasteiger partial charge in [-0.25, -0.2) is 0 Å². The minimum absolute atomic E-state index is 0.0656. The number of amides is 1. The summed E-state index contributed by atoms with van der Waals surface area (Å²) in [5.74, 6) is -0.987. The summed E-state index contributed by atoms with van der Waals surface area (Å²) in [5, 5.41) is 8.79. The molecule has 0 aliphatic rings. The van der Waals surface area contributed by atoms with Crippen molar-refractivity contribution in [1.82, 2.24) is 0 Å². The lowest BCUT2D eigenvalue weighted by Gasteiger charge is -2.22. The van der Waals surface area contributed by atoms with Crippen molar-refractivity contribution in [2.24, 2.45) is 0 Å². The molecule has 0 aliphatic heterocycles. The molecule has 5 nitrogen and oxygen atoms in total. The minimum Gasteiger partial charge on any atom is -0.481 e. The van der Waals surface area contributed by atoms with Gasteiger partial charge < -0.3 is 14.7 Å². The number of carbonyl (C=O) groups is 2. The number of rotatable bonds is 8. The van der Waals surface area contributed by atoms with E-state index < -0.39 is 5.97 Å². The number of nitrogens with zero attached hydrogens (tertiary/aromatic N) is 1. The number of carboxylic acid groups (broad SMARTS) is 1. The number of hydrogen-bond donors (Lipinski definition) is 1. The summed E-state index contributed by atoms with van der Waals surface area (Å²) in [6, 6.07) is 7.49. The highest BCUT2D eigenvalue weighted by atomic mass is 16.5. The first-order valence-corrected chi connectivity index (χ1v) is 6.62. The zero-order valence-corrected chi connectivity index (χ0v) is 12.0. The summed E-state index contributed by atoms with van der Waals surface area (Å²) in [4.78, 5) is 24.4. The number of aryl methyl sites for hydroxylation is 1. The van der Waals surface area contributed by atoms with Crippen LogP contribution in [-0.4, -0.2) is 37.2 Å². The lowest BCUT2D eigenvalue weighted by Crippen LogP contribution is -2.33. The van der Waals surface area contributed by atoms with E-state index in [-0.39, 0.29) is 18.9 Å². The van der Waals surface area contributed by atoms with Gasteiger partial charge in [-0.15, -0.1) is 0 Å². The van der Waals surface area contributed by atoms with Crippen molar-refractivity contribution < 1.29 is 19.4 Å². The number of ether oxygens (including phenoxy) is 1. The molecule has 1 aromatic rings. The molecule has 0 spiro atoms. The maximum absolute atomic E-state index is 12.2. The molecule has 1 aromatic carbocycles. The van der Waals surface area contributed by atoms with E-state index in [0.29, 0.717) is 19.4 Å². The maximum atomic E-state index is 12.2. The van der Waals surface area contributed by atoms with E-state index in [1.807, 2.05) is 31.2 Å². The number of carboxylic acids is 1. The fourth-order valence-corrected chi connectivity index (χ4v) is 1.83. The zero-order chi connectivity index (χ0) is 15.0. The van der Waals surface area contributed by atoms with Gasteiger partial charge in [0.2, 0.25) is 5.91 Å². The SMILES string of the molecule is COCCCC(=O)N(CCC(=O)O)c1ccc(C)cc1. The Balaban J connectivity index is 2.75. The Morgan fingerprint density at radius 2 is 1.85 bits per heavy atom. The second-order valence-electron chi connectivity index (χ2n) is 4.62. The molecule has 1 rings (SSSR count). The third-order valence-electron chi connectivity index (χ3n) is 2.94. The molecule has 1 amide bonds. The summed E-state index contributed by atoms with van der Waals surface area (Å²) in [6.45, 7) is 2.67. The lowest BCUT2D eigenvalue weighted by molar-refractivity contribution is -0.136. The normalized spacial score (nSPS) is 10.3. The molecule has 0 saturated heterocycles. The summed E-state index contributed by atoms with van der Waals surface area (Å²) in [7, 11) is 1.59. The number of carbonyl (C=O) groups excluding carboxylic acids is 1. The highest BCUT2D eigenvalue weighted by Crippen LogP contribution is 2.17. The van der Waals surface area contributed by atoms with Gasteiger partial charge in [-0.05, 0) is 25.5 Å². The number of anilines is 1. The zero-order valence-electron chi connectivity index (χ0n) is 12.0. The van der Waals surface area contributed by atoms with Crippen LogP contribution in [-0.2, 0) is 14.3 Å². The van der Waals surface area contributed by atoms with Crippen molar-refractivity contribution in [2.45, 2.75) is 26.2 Å². The minimum atomic E-state index is -0.910. The van der Waals surface area contributed by atoms with Gasteiger partial charge >= 0.3 is 5.97 Å². The summed E-state index contributed by atoms with van der Waals surface area (Å²) in [6.07, 6.45) is 0.913. The second-order valence-corrected chi connectivity index (χ2v) is 4.62. The monoisotopic (exact) mass is 279 g/mol. The molecule has 0 radical (unpaired) electrons. The summed E-state index contributed by atoms with van der Waals surface area (Å²) in [5.41, 5.74) is 1.83. The van der Waals surface area contributed by atoms with Gasteiger partial charge in [-0.2, -0.15) is 0 Å². The maximum Gasteiger partial charge on any atom is 0.305 e. The van der Waals surface area contributed by atoms with E-state index in [2.05, 4.69) is 0 Å². The van der Waals surface area contributed by atoms with Gasteiger partial charge in [0, 0.05) is 32.4 Å². The summed E-state index contributed by atoms with van der Waals surface area (Å²) < 4.78 is 4.93. The molecule has 0 unspecified atom stereocenters. The molecule has 0 bridgehead atoms. The average molecular weight is 279 g/mol. The van der Waals surface area contributed by atoms with Gasteiger partial charge in [0.1, 0.15) is 0 Å². The molecule has 0 aromatic heterocycles. The van der Waals surface area contributed by atoms with E-state index in [9.17, 15) is 9.59 Å². The fraction of sp³-hybridized carbons (Fsp3) is 0.467. The first-order valence-electron chi connectivity index (χ1n) is 6.62. The van der Waals surface area contributed by atoms with Crippen molar-refractivity contribution in [3.8, 4) is 0 Å². The van der Waals surface area contributed by atoms with E-state index in [4.69, 9.17) is 9.84 Å². The Morgan fingerprint density at radius 1 is 1.20 bits per heavy atom. The third-order valence-corrected chi connectivity index (χ3v) is 2.94. The van der Waals surface area contributed by atoms with Crippen LogP contribution in [0.3, 0.4) is 0 Å². The van der Waals surface area contributed by atoms with Crippen LogP contribution in [0.2, 0.25) is 0 Å².